The van der Waals surface area contributed by atoms with E-state index in [4.69, 9.17) is 23.4 Å². The predicted octanol–water partition coefficient (Wildman–Crippen LogP) is 6.11. The highest BCUT2D eigenvalue weighted by atomic mass is 28.4. The fourth-order valence-corrected chi connectivity index (χ4v) is 4.52. The van der Waals surface area contributed by atoms with Gasteiger partial charge < -0.3 is 28.5 Å². The molecule has 206 valence electrons. The number of hydrogen-bond donors (Lipinski definition) is 1. The van der Waals surface area contributed by atoms with Crippen molar-refractivity contribution in [2.75, 3.05) is 20.5 Å². The first-order valence-electron chi connectivity index (χ1n) is 13.0. The number of methoxy groups -OCH3 is 1. The molecule has 0 aliphatic heterocycles. The van der Waals surface area contributed by atoms with Crippen molar-refractivity contribution < 1.29 is 28.5 Å². The summed E-state index contributed by atoms with van der Waals surface area (Å²) in [5.74, 6) is 0. The first kappa shape index (κ1) is 31.4. The third kappa shape index (κ3) is 10.4. The van der Waals surface area contributed by atoms with Gasteiger partial charge >= 0.3 is 0 Å². The quantitative estimate of drug-likeness (QED) is 0.161. The van der Waals surface area contributed by atoms with E-state index in [0.717, 1.165) is 11.1 Å². The van der Waals surface area contributed by atoms with E-state index < -0.39 is 32.7 Å². The van der Waals surface area contributed by atoms with Gasteiger partial charge in [-0.1, -0.05) is 93.6 Å². The van der Waals surface area contributed by atoms with Gasteiger partial charge in [0.1, 0.15) is 31.2 Å². The zero-order valence-electron chi connectivity index (χ0n) is 23.6. The van der Waals surface area contributed by atoms with Crippen LogP contribution >= 0.6 is 0 Å². The van der Waals surface area contributed by atoms with Crippen LogP contribution < -0.4 is 0 Å². The van der Waals surface area contributed by atoms with E-state index in [1.807, 2.05) is 79.7 Å². The molecule has 0 spiro atoms. The number of aliphatic hydroxyl groups is 1. The minimum absolute atomic E-state index is 0.0328. The Morgan fingerprint density at radius 3 is 1.89 bits per heavy atom. The summed E-state index contributed by atoms with van der Waals surface area (Å²) in [6.45, 7) is 14.0. The molecule has 0 unspecified atom stereocenters. The number of hydrogen-bond acceptors (Lipinski definition) is 6. The summed E-state index contributed by atoms with van der Waals surface area (Å²) in [5, 5.41) is 11.6. The predicted molar refractivity (Wildman–Crippen MR) is 151 cm³/mol. The van der Waals surface area contributed by atoms with Gasteiger partial charge in [-0.25, -0.2) is 0 Å². The van der Waals surface area contributed by atoms with Crippen LogP contribution in [0.5, 0.6) is 0 Å². The normalized spacial score (nSPS) is 16.0. The summed E-state index contributed by atoms with van der Waals surface area (Å²) in [4.78, 5) is 0. The Labute approximate surface area is 224 Å². The molecule has 2 aromatic rings. The molecule has 0 aliphatic carbocycles. The number of benzene rings is 2. The van der Waals surface area contributed by atoms with Gasteiger partial charge in [-0.15, -0.1) is 0 Å². The minimum atomic E-state index is -2.09. The van der Waals surface area contributed by atoms with E-state index in [0.29, 0.717) is 19.8 Å². The highest BCUT2D eigenvalue weighted by molar-refractivity contribution is 6.74. The van der Waals surface area contributed by atoms with Crippen LogP contribution in [0.3, 0.4) is 0 Å². The Morgan fingerprint density at radius 2 is 1.41 bits per heavy atom. The summed E-state index contributed by atoms with van der Waals surface area (Å²) >= 11 is 0. The monoisotopic (exact) mass is 530 g/mol. The largest absolute Gasteiger partial charge is 0.414 e. The van der Waals surface area contributed by atoms with Crippen molar-refractivity contribution >= 4 is 8.32 Å². The van der Waals surface area contributed by atoms with Crippen LogP contribution in [-0.4, -0.2) is 58.3 Å². The summed E-state index contributed by atoms with van der Waals surface area (Å²) < 4.78 is 30.4. The molecule has 37 heavy (non-hydrogen) atoms. The average molecular weight is 531 g/mol. The maximum Gasteiger partial charge on any atom is 0.192 e. The third-order valence-electron chi connectivity index (χ3n) is 6.81. The second-order valence-electron chi connectivity index (χ2n) is 10.7. The second kappa shape index (κ2) is 15.5. The van der Waals surface area contributed by atoms with E-state index in [1.165, 1.54) is 0 Å². The van der Waals surface area contributed by atoms with Crippen LogP contribution in [0, 0.1) is 0 Å². The smallest absolute Gasteiger partial charge is 0.192 e. The van der Waals surface area contributed by atoms with Crippen molar-refractivity contribution in [3.05, 3.63) is 83.9 Å². The third-order valence-corrected chi connectivity index (χ3v) is 11.3. The number of ether oxygens (including phenoxy) is 4. The van der Waals surface area contributed by atoms with E-state index >= 15 is 0 Å². The molecule has 0 aliphatic rings. The first-order chi connectivity index (χ1) is 17.6. The SMILES string of the molecule is C/C=C/[C@H](OCOC)[C@@H](O)[C@@H](OCc1ccccc1)[C@@H](CO[Si](C)(C)C(C)(C)C)OCc1ccccc1. The van der Waals surface area contributed by atoms with E-state index in [-0.39, 0.29) is 11.8 Å². The van der Waals surface area contributed by atoms with Crippen molar-refractivity contribution in [1.82, 2.24) is 0 Å². The van der Waals surface area contributed by atoms with Crippen molar-refractivity contribution in [1.29, 1.82) is 0 Å². The molecule has 4 atom stereocenters. The summed E-state index contributed by atoms with van der Waals surface area (Å²) in [6.07, 6.45) is 0.758. The molecule has 0 radical (unpaired) electrons. The summed E-state index contributed by atoms with van der Waals surface area (Å²) in [7, 11) is -0.532. The van der Waals surface area contributed by atoms with Crippen LogP contribution in [0.15, 0.2) is 72.8 Å². The lowest BCUT2D eigenvalue weighted by molar-refractivity contribution is -0.178. The Kier molecular flexibility index (Phi) is 13.2. The standard InChI is InChI=1S/C30H46O6Si/c1-8-15-26(35-23-32-5)28(31)29(34-21-25-18-13-10-14-19-25)27(22-36-37(6,7)30(2,3)4)33-20-24-16-11-9-12-17-24/h8-19,26-29,31H,20-23H2,1-7H3/b15-8+/t26-,27+,28+,29-/m0/s1. The van der Waals surface area contributed by atoms with Gasteiger partial charge in [-0.2, -0.15) is 0 Å². The molecule has 7 heteroatoms. The minimum Gasteiger partial charge on any atom is -0.414 e. The van der Waals surface area contributed by atoms with E-state index in [2.05, 4.69) is 33.9 Å². The zero-order valence-corrected chi connectivity index (χ0v) is 24.6. The van der Waals surface area contributed by atoms with Gasteiger partial charge in [0.2, 0.25) is 0 Å². The fourth-order valence-electron chi connectivity index (χ4n) is 3.51. The molecule has 0 heterocycles. The topological polar surface area (TPSA) is 66.4 Å². The average Bonchev–Trinajstić information content (AvgIpc) is 2.88. The Bertz CT molecular complexity index is 897. The molecular weight excluding hydrogens is 484 g/mol. The zero-order chi connectivity index (χ0) is 27.3. The van der Waals surface area contributed by atoms with Gasteiger partial charge in [-0.05, 0) is 36.2 Å². The molecule has 1 N–H and O–H groups in total. The van der Waals surface area contributed by atoms with Crippen molar-refractivity contribution in [2.45, 2.75) is 83.5 Å². The van der Waals surface area contributed by atoms with Gasteiger partial charge in [-0.3, -0.25) is 0 Å². The van der Waals surface area contributed by atoms with Crippen LogP contribution in [0.1, 0.15) is 38.8 Å². The lowest BCUT2D eigenvalue weighted by Crippen LogP contribution is -2.51. The van der Waals surface area contributed by atoms with Crippen molar-refractivity contribution in [3.8, 4) is 0 Å². The number of allylic oxidation sites excluding steroid dienone is 1. The second-order valence-corrected chi connectivity index (χ2v) is 15.5. The Hall–Kier alpha value is -1.84. The molecule has 6 nitrogen and oxygen atoms in total. The number of aliphatic hydroxyl groups excluding tert-OH is 1. The molecule has 2 rings (SSSR count). The first-order valence-corrected chi connectivity index (χ1v) is 15.9. The molecule has 0 aromatic heterocycles. The molecular formula is C30H46O6Si. The highest BCUT2D eigenvalue weighted by Gasteiger charge is 2.41. The molecule has 0 amide bonds. The van der Waals surface area contributed by atoms with Crippen molar-refractivity contribution in [2.24, 2.45) is 0 Å². The maximum absolute atomic E-state index is 11.6. The molecule has 0 saturated carbocycles. The van der Waals surface area contributed by atoms with Crippen LogP contribution in [0.25, 0.3) is 0 Å². The van der Waals surface area contributed by atoms with Gasteiger partial charge in [0.15, 0.2) is 8.32 Å². The van der Waals surface area contributed by atoms with Gasteiger partial charge in [0.25, 0.3) is 0 Å². The Balaban J connectivity index is 2.36. The van der Waals surface area contributed by atoms with E-state index in [9.17, 15) is 5.11 Å². The number of rotatable bonds is 16. The van der Waals surface area contributed by atoms with E-state index in [1.54, 1.807) is 7.11 Å². The van der Waals surface area contributed by atoms with Gasteiger partial charge in [0.05, 0.1) is 19.8 Å². The van der Waals surface area contributed by atoms with Crippen LogP contribution in [0.4, 0.5) is 0 Å². The van der Waals surface area contributed by atoms with Gasteiger partial charge in [0, 0.05) is 7.11 Å². The highest BCUT2D eigenvalue weighted by Crippen LogP contribution is 2.37. The summed E-state index contributed by atoms with van der Waals surface area (Å²) in [6, 6.07) is 19.9. The van der Waals surface area contributed by atoms with Crippen LogP contribution in [0.2, 0.25) is 18.1 Å². The molecule has 0 bridgehead atoms. The van der Waals surface area contributed by atoms with Crippen LogP contribution in [-0.2, 0) is 36.6 Å². The summed E-state index contributed by atoms with van der Waals surface area (Å²) in [5.41, 5.74) is 2.05. The maximum atomic E-state index is 11.6. The molecule has 2 aromatic carbocycles. The molecule has 0 fully saturated rings. The Morgan fingerprint density at radius 1 is 0.865 bits per heavy atom. The molecule has 0 saturated heterocycles. The fraction of sp³-hybridized carbons (Fsp3) is 0.533. The lowest BCUT2D eigenvalue weighted by atomic mass is 10.0. The van der Waals surface area contributed by atoms with Crippen molar-refractivity contribution in [3.63, 3.8) is 0 Å². The lowest BCUT2D eigenvalue weighted by Gasteiger charge is -2.39.